The lowest BCUT2D eigenvalue weighted by molar-refractivity contribution is -0.135. The Morgan fingerprint density at radius 1 is 1.02 bits per heavy atom. The molecule has 9 nitrogen and oxygen atoms in total. The van der Waals surface area contributed by atoms with E-state index in [0.29, 0.717) is 25.2 Å². The third-order valence-corrected chi connectivity index (χ3v) is 10.2. The van der Waals surface area contributed by atoms with Crippen molar-refractivity contribution < 1.29 is 19.2 Å². The van der Waals surface area contributed by atoms with E-state index >= 15 is 0 Å². The second-order valence-electron chi connectivity index (χ2n) is 11.0. The van der Waals surface area contributed by atoms with Gasteiger partial charge in [0.15, 0.2) is 6.04 Å². The van der Waals surface area contributed by atoms with E-state index in [4.69, 9.17) is 10.7 Å². The second-order valence-corrected chi connectivity index (χ2v) is 12.9. The number of nitrogens with two attached hydrogens (primary N) is 1. The number of nitrogens with one attached hydrogen (secondary N) is 1. The van der Waals surface area contributed by atoms with Gasteiger partial charge in [-0.1, -0.05) is 30.4 Å². The number of aromatic nitrogens is 1. The molecule has 1 unspecified atom stereocenters. The van der Waals surface area contributed by atoms with E-state index in [2.05, 4.69) is 5.32 Å². The Labute approximate surface area is 263 Å². The Kier molecular flexibility index (Phi) is 8.26. The molecule has 1 saturated heterocycles. The number of likely N-dealkylation sites (tertiary alicyclic amines) is 1. The Bertz CT molecular complexity index is 1730. The first-order chi connectivity index (χ1) is 21.3. The zero-order valence-corrected chi connectivity index (χ0v) is 25.8. The molecule has 3 N–H and O–H groups in total. The number of thiazole rings is 1. The summed E-state index contributed by atoms with van der Waals surface area (Å²) in [5.74, 6) is -0.868. The first-order valence-corrected chi connectivity index (χ1v) is 16.2. The average Bonchev–Trinajstić information content (AvgIpc) is 3.84. The highest BCUT2D eigenvalue weighted by Crippen LogP contribution is 2.37. The number of hydrogen-bond donors (Lipinski definition) is 2. The van der Waals surface area contributed by atoms with Crippen LogP contribution in [0.15, 0.2) is 83.6 Å². The number of nitrogens with zero attached hydrogens (tertiary/aromatic N) is 3. The third kappa shape index (κ3) is 5.61. The van der Waals surface area contributed by atoms with Crippen LogP contribution in [-0.2, 0) is 25.6 Å². The van der Waals surface area contributed by atoms with Gasteiger partial charge in [0.05, 0.1) is 25.6 Å². The van der Waals surface area contributed by atoms with Crippen molar-refractivity contribution >= 4 is 57.7 Å². The van der Waals surface area contributed by atoms with Gasteiger partial charge in [-0.2, -0.15) is 0 Å². The zero-order valence-electron chi connectivity index (χ0n) is 24.1. The number of amides is 4. The summed E-state index contributed by atoms with van der Waals surface area (Å²) in [4.78, 5) is 58.2. The molecule has 2 aromatic carbocycles. The molecule has 1 fully saturated rings. The van der Waals surface area contributed by atoms with Gasteiger partial charge in [0.25, 0.3) is 11.8 Å². The van der Waals surface area contributed by atoms with Crippen molar-refractivity contribution in [3.05, 3.63) is 88.5 Å². The summed E-state index contributed by atoms with van der Waals surface area (Å²) < 4.78 is -0.0395. The largest absolute Gasteiger partial charge is 0.364 e. The molecular weight excluding hydrogens is 595 g/mol. The van der Waals surface area contributed by atoms with E-state index in [0.717, 1.165) is 38.8 Å². The lowest BCUT2D eigenvalue weighted by Gasteiger charge is -2.34. The predicted octanol–water partition coefficient (Wildman–Crippen LogP) is 4.99. The van der Waals surface area contributed by atoms with Crippen molar-refractivity contribution in [2.24, 2.45) is 5.73 Å². The normalized spacial score (nSPS) is 21.0. The number of hydrogen-bond acceptors (Lipinski definition) is 7. The fourth-order valence-corrected chi connectivity index (χ4v) is 7.69. The van der Waals surface area contributed by atoms with E-state index < -0.39 is 18.0 Å². The van der Waals surface area contributed by atoms with Crippen LogP contribution < -0.4 is 15.5 Å². The fraction of sp³-hybridized carbons (Fsp3) is 0.242. The number of carbonyl (C=O) groups is 4. The Balaban J connectivity index is 1.12. The molecule has 2 aromatic heterocycles. The van der Waals surface area contributed by atoms with Crippen LogP contribution in [-0.4, -0.2) is 58.7 Å². The van der Waals surface area contributed by atoms with Gasteiger partial charge in [-0.05, 0) is 35.7 Å². The molecule has 0 aliphatic carbocycles. The highest BCUT2D eigenvalue weighted by Gasteiger charge is 2.51. The van der Waals surface area contributed by atoms with Crippen LogP contribution in [0.2, 0.25) is 0 Å². The quantitative estimate of drug-likeness (QED) is 0.211. The maximum absolute atomic E-state index is 13.1. The molecule has 11 heteroatoms. The maximum atomic E-state index is 13.1. The summed E-state index contributed by atoms with van der Waals surface area (Å²) >= 11 is 3.04. The predicted molar refractivity (Wildman–Crippen MR) is 174 cm³/mol. The molecule has 0 radical (unpaired) electrons. The minimum absolute atomic E-state index is 0.0395. The number of thiophene rings is 1. The highest BCUT2D eigenvalue weighted by atomic mass is 32.1. The van der Waals surface area contributed by atoms with Crippen molar-refractivity contribution in [3.8, 4) is 21.8 Å². The number of quaternary nitrogens is 1. The maximum Gasteiger partial charge on any atom is 0.316 e. The van der Waals surface area contributed by atoms with Gasteiger partial charge < -0.3 is 16.0 Å². The van der Waals surface area contributed by atoms with Gasteiger partial charge in [-0.15, -0.1) is 22.7 Å². The van der Waals surface area contributed by atoms with Gasteiger partial charge in [0, 0.05) is 58.6 Å². The number of rotatable bonds is 8. The van der Waals surface area contributed by atoms with E-state index in [1.807, 2.05) is 77.5 Å². The summed E-state index contributed by atoms with van der Waals surface area (Å²) in [7, 11) is 0. The Morgan fingerprint density at radius 2 is 1.77 bits per heavy atom. The molecule has 4 heterocycles. The van der Waals surface area contributed by atoms with Gasteiger partial charge in [-0.25, -0.2) is 14.3 Å². The number of anilines is 1. The monoisotopic (exact) mass is 626 g/mol. The molecule has 4 amide bonds. The van der Waals surface area contributed by atoms with Crippen LogP contribution in [0.1, 0.15) is 24.6 Å². The number of carbonyl (C=O) groups excluding carboxylic acids is 4. The standard InChI is InChI=1S/C33H31N5O4S2/c1-21(39)38(17-3-7-29(38)31(34)41)25-14-10-23(11-15-25)33-36-27(20-44-33)22-8-12-24(13-9-22)35-32(42)28-6-2-16-37(28)30(40)19-26-5-4-18-43-26/h2,4-6,8-15,18,20,28-29H,3,7,16-17,19H2,1H3,(H2-,34,35,41,42)/p+1/t28-,29-,38?/m0/s1. The molecule has 6 rings (SSSR count). The molecular formula is C33H32N5O4S2+. The van der Waals surface area contributed by atoms with Gasteiger partial charge in [0.2, 0.25) is 5.91 Å². The molecule has 0 bridgehead atoms. The van der Waals surface area contributed by atoms with E-state index in [-0.39, 0.29) is 28.6 Å². The summed E-state index contributed by atoms with van der Waals surface area (Å²) in [6.45, 7) is 2.50. The van der Waals surface area contributed by atoms with Crippen LogP contribution in [0.5, 0.6) is 0 Å². The van der Waals surface area contributed by atoms with Crippen LogP contribution in [0.25, 0.3) is 21.8 Å². The van der Waals surface area contributed by atoms with E-state index in [9.17, 15) is 19.2 Å². The van der Waals surface area contributed by atoms with Gasteiger partial charge in [-0.3, -0.25) is 14.4 Å². The molecule has 2 aliphatic heterocycles. The smallest absolute Gasteiger partial charge is 0.316 e. The van der Waals surface area contributed by atoms with Crippen molar-refractivity contribution in [3.63, 3.8) is 0 Å². The number of primary amides is 1. The van der Waals surface area contributed by atoms with Crippen LogP contribution in [0, 0.1) is 0 Å². The van der Waals surface area contributed by atoms with Crippen LogP contribution in [0.4, 0.5) is 11.4 Å². The number of benzene rings is 2. The van der Waals surface area contributed by atoms with Crippen LogP contribution in [0.3, 0.4) is 0 Å². The molecule has 3 atom stereocenters. The SMILES string of the molecule is CC(=O)[N+]1(c2ccc(-c3nc(-c4ccc(NC(=O)[C@@H]5C=CCN5C(=O)Cc5cccs5)cc4)cs3)cc2)CCC[C@H]1C(N)=O. The molecule has 0 saturated carbocycles. The molecule has 4 aromatic rings. The van der Waals surface area contributed by atoms with Crippen molar-refractivity contribution in [1.29, 1.82) is 0 Å². The summed E-state index contributed by atoms with van der Waals surface area (Å²) in [6.07, 6.45) is 5.26. The lowest BCUT2D eigenvalue weighted by Crippen LogP contribution is -2.60. The van der Waals surface area contributed by atoms with E-state index in [1.54, 1.807) is 11.0 Å². The molecule has 0 spiro atoms. The second kappa shape index (κ2) is 12.3. The summed E-state index contributed by atoms with van der Waals surface area (Å²) in [5.41, 5.74) is 9.68. The highest BCUT2D eigenvalue weighted by molar-refractivity contribution is 7.13. The lowest BCUT2D eigenvalue weighted by atomic mass is 10.1. The molecule has 2 aliphatic rings. The molecule has 44 heavy (non-hydrogen) atoms. The Hall–Kier alpha value is -4.45. The minimum atomic E-state index is -0.644. The Morgan fingerprint density at radius 3 is 2.45 bits per heavy atom. The summed E-state index contributed by atoms with van der Waals surface area (Å²) in [6, 6.07) is 17.8. The van der Waals surface area contributed by atoms with Gasteiger partial charge >= 0.3 is 5.91 Å². The van der Waals surface area contributed by atoms with E-state index in [1.165, 1.54) is 29.6 Å². The van der Waals surface area contributed by atoms with Crippen molar-refractivity contribution in [2.45, 2.75) is 38.3 Å². The van der Waals surface area contributed by atoms with Gasteiger partial charge in [0.1, 0.15) is 16.7 Å². The summed E-state index contributed by atoms with van der Waals surface area (Å²) in [5, 5.41) is 7.67. The fourth-order valence-electron chi connectivity index (χ4n) is 6.16. The first kappa shape index (κ1) is 29.6. The molecule has 224 valence electrons. The third-order valence-electron chi connectivity index (χ3n) is 8.39. The van der Waals surface area contributed by atoms with Crippen LogP contribution >= 0.6 is 22.7 Å². The van der Waals surface area contributed by atoms with Crippen molar-refractivity contribution in [2.75, 3.05) is 18.4 Å². The topological polar surface area (TPSA) is 122 Å². The zero-order chi connectivity index (χ0) is 30.8. The first-order valence-electron chi connectivity index (χ1n) is 14.4. The van der Waals surface area contributed by atoms with Crippen molar-refractivity contribution in [1.82, 2.24) is 14.4 Å². The average molecular weight is 627 g/mol. The minimum Gasteiger partial charge on any atom is -0.364 e.